The van der Waals surface area contributed by atoms with Crippen molar-refractivity contribution in [2.24, 2.45) is 11.7 Å². The molecule has 5 N–H and O–H groups in total. The number of carbonyl (C=O) groups excluding carboxylic acids is 2. The zero-order valence-electron chi connectivity index (χ0n) is 14.0. The monoisotopic (exact) mass is 346 g/mol. The van der Waals surface area contributed by atoms with Gasteiger partial charge in [0, 0.05) is 36.2 Å². The topological polar surface area (TPSA) is 137 Å². The summed E-state index contributed by atoms with van der Waals surface area (Å²) in [5.74, 6) is -1.88. The van der Waals surface area contributed by atoms with Crippen LogP contribution in [0.2, 0.25) is 0 Å². The minimum absolute atomic E-state index is 0.0377. The van der Waals surface area contributed by atoms with Crippen molar-refractivity contribution in [3.63, 3.8) is 0 Å². The van der Waals surface area contributed by atoms with Gasteiger partial charge in [0.25, 0.3) is 0 Å². The van der Waals surface area contributed by atoms with E-state index in [4.69, 9.17) is 16.2 Å². The van der Waals surface area contributed by atoms with Gasteiger partial charge in [-0.2, -0.15) is 0 Å². The Bertz CT molecular complexity index is 686. The zero-order valence-corrected chi connectivity index (χ0v) is 14.0. The number of nitrogens with zero attached hydrogens (tertiary/aromatic N) is 1. The van der Waals surface area contributed by atoms with Crippen LogP contribution in [-0.4, -0.2) is 41.3 Å². The van der Waals surface area contributed by atoms with E-state index in [2.05, 4.69) is 5.32 Å². The summed E-state index contributed by atoms with van der Waals surface area (Å²) >= 11 is 0. The molecule has 2 unspecified atom stereocenters. The van der Waals surface area contributed by atoms with Gasteiger partial charge in [0.05, 0.1) is 6.42 Å². The number of carboxylic acid groups (broad SMARTS) is 1. The smallest absolute Gasteiger partial charge is 0.305 e. The first-order valence-electron chi connectivity index (χ1n) is 8.05. The largest absolute Gasteiger partial charge is 0.481 e. The first-order valence-corrected chi connectivity index (χ1v) is 8.05. The number of rotatable bonds is 7. The molecule has 0 spiro atoms. The first kappa shape index (κ1) is 18.4. The maximum atomic E-state index is 12.5. The number of amides is 2. The molecule has 1 aliphatic rings. The van der Waals surface area contributed by atoms with Crippen molar-refractivity contribution in [1.29, 1.82) is 5.41 Å². The normalized spacial score (nSPS) is 18.0. The second-order valence-electron chi connectivity index (χ2n) is 6.21. The van der Waals surface area contributed by atoms with Crippen LogP contribution < -0.4 is 16.0 Å². The summed E-state index contributed by atoms with van der Waals surface area (Å²) in [6.07, 6.45) is 0.456. The summed E-state index contributed by atoms with van der Waals surface area (Å²) in [6.45, 7) is 2.13. The number of amidine groups is 1. The van der Waals surface area contributed by atoms with Crippen molar-refractivity contribution >= 4 is 29.3 Å². The van der Waals surface area contributed by atoms with Gasteiger partial charge in [0.15, 0.2) is 0 Å². The van der Waals surface area contributed by atoms with E-state index < -0.39 is 17.9 Å². The molecule has 1 heterocycles. The summed E-state index contributed by atoms with van der Waals surface area (Å²) in [7, 11) is 0. The number of hydrogen-bond donors (Lipinski definition) is 4. The van der Waals surface area contributed by atoms with Gasteiger partial charge in [-0.3, -0.25) is 19.8 Å². The lowest BCUT2D eigenvalue weighted by Gasteiger charge is -2.18. The molecule has 8 heteroatoms. The zero-order chi connectivity index (χ0) is 18.6. The maximum Gasteiger partial charge on any atom is 0.305 e. The molecule has 134 valence electrons. The second kappa shape index (κ2) is 7.78. The van der Waals surface area contributed by atoms with Crippen LogP contribution in [0.25, 0.3) is 0 Å². The Balaban J connectivity index is 1.93. The molecule has 0 aliphatic carbocycles. The van der Waals surface area contributed by atoms with Crippen LogP contribution in [0.3, 0.4) is 0 Å². The van der Waals surface area contributed by atoms with Crippen molar-refractivity contribution in [3.8, 4) is 0 Å². The third-order valence-corrected chi connectivity index (χ3v) is 4.13. The molecule has 2 amide bonds. The Labute approximate surface area is 145 Å². The highest BCUT2D eigenvalue weighted by Crippen LogP contribution is 2.27. The predicted octanol–water partition coefficient (Wildman–Crippen LogP) is 0.693. The van der Waals surface area contributed by atoms with Crippen LogP contribution in [0.5, 0.6) is 0 Å². The summed E-state index contributed by atoms with van der Waals surface area (Å²) in [5, 5.41) is 18.7. The maximum absolute atomic E-state index is 12.5. The lowest BCUT2D eigenvalue weighted by molar-refractivity contribution is -0.137. The molecule has 8 nitrogen and oxygen atoms in total. The van der Waals surface area contributed by atoms with Crippen LogP contribution in [0.15, 0.2) is 24.3 Å². The average Bonchev–Trinajstić information content (AvgIpc) is 2.87. The number of nitrogens with one attached hydrogen (secondary N) is 2. The van der Waals surface area contributed by atoms with E-state index in [9.17, 15) is 14.4 Å². The standard InChI is InChI=1S/C17H22N4O4/c1-10(8-15(23)24)20-14(22)9-12-6-7-21(17(12)25)13-4-2-11(3-5-13)16(18)19/h2-5,10,12H,6-9H2,1H3,(H3,18,19)(H,20,22)(H,23,24). The van der Waals surface area contributed by atoms with Gasteiger partial charge in [-0.05, 0) is 37.6 Å². The molecule has 1 aromatic carbocycles. The fourth-order valence-electron chi connectivity index (χ4n) is 2.88. The Morgan fingerprint density at radius 1 is 1.40 bits per heavy atom. The van der Waals surface area contributed by atoms with E-state index in [1.165, 1.54) is 0 Å². The van der Waals surface area contributed by atoms with Gasteiger partial charge in [0.1, 0.15) is 5.84 Å². The van der Waals surface area contributed by atoms with Crippen molar-refractivity contribution in [2.75, 3.05) is 11.4 Å². The number of carboxylic acids is 1. The third kappa shape index (κ3) is 4.79. The number of anilines is 1. The first-order chi connectivity index (χ1) is 11.8. The van der Waals surface area contributed by atoms with E-state index in [-0.39, 0.29) is 30.5 Å². The molecule has 0 aromatic heterocycles. The van der Waals surface area contributed by atoms with E-state index in [0.717, 1.165) is 0 Å². The molecule has 2 atom stereocenters. The van der Waals surface area contributed by atoms with Crippen LogP contribution in [0, 0.1) is 11.3 Å². The SMILES string of the molecule is CC(CC(=O)O)NC(=O)CC1CCN(c2ccc(C(=N)N)cc2)C1=O. The van der Waals surface area contributed by atoms with Crippen molar-refractivity contribution in [3.05, 3.63) is 29.8 Å². The number of nitrogen functional groups attached to an aromatic ring is 1. The Morgan fingerprint density at radius 2 is 2.04 bits per heavy atom. The predicted molar refractivity (Wildman–Crippen MR) is 92.4 cm³/mol. The third-order valence-electron chi connectivity index (χ3n) is 4.13. The molecule has 1 aromatic rings. The molecule has 1 aliphatic heterocycles. The number of aliphatic carboxylic acids is 1. The van der Waals surface area contributed by atoms with Gasteiger partial charge in [-0.15, -0.1) is 0 Å². The summed E-state index contributed by atoms with van der Waals surface area (Å²) < 4.78 is 0. The van der Waals surface area contributed by atoms with Crippen molar-refractivity contribution < 1.29 is 19.5 Å². The molecule has 0 radical (unpaired) electrons. The van der Waals surface area contributed by atoms with Crippen LogP contribution in [-0.2, 0) is 14.4 Å². The fourth-order valence-corrected chi connectivity index (χ4v) is 2.88. The van der Waals surface area contributed by atoms with Gasteiger partial charge in [-0.1, -0.05) is 0 Å². The Morgan fingerprint density at radius 3 is 2.60 bits per heavy atom. The highest BCUT2D eigenvalue weighted by molar-refractivity contribution is 6.00. The number of hydrogen-bond acceptors (Lipinski definition) is 4. The molecule has 1 saturated heterocycles. The van der Waals surface area contributed by atoms with E-state index in [1.54, 1.807) is 36.1 Å². The van der Waals surface area contributed by atoms with E-state index >= 15 is 0 Å². The van der Waals surface area contributed by atoms with Gasteiger partial charge in [-0.25, -0.2) is 0 Å². The summed E-state index contributed by atoms with van der Waals surface area (Å²) in [4.78, 5) is 36.7. The molecule has 0 saturated carbocycles. The second-order valence-corrected chi connectivity index (χ2v) is 6.21. The van der Waals surface area contributed by atoms with Crippen LogP contribution in [0.1, 0.15) is 31.7 Å². The molecule has 0 bridgehead atoms. The lowest BCUT2D eigenvalue weighted by atomic mass is 10.0. The minimum atomic E-state index is -0.982. The fraction of sp³-hybridized carbons (Fsp3) is 0.412. The quantitative estimate of drug-likeness (QED) is 0.425. The van der Waals surface area contributed by atoms with Crippen molar-refractivity contribution in [2.45, 2.75) is 32.2 Å². The van der Waals surface area contributed by atoms with Crippen LogP contribution in [0.4, 0.5) is 5.69 Å². The summed E-state index contributed by atoms with van der Waals surface area (Å²) in [6, 6.07) is 6.34. The number of nitrogens with two attached hydrogens (primary N) is 1. The highest BCUT2D eigenvalue weighted by Gasteiger charge is 2.34. The Kier molecular flexibility index (Phi) is 5.74. The van der Waals surface area contributed by atoms with E-state index in [1.807, 2.05) is 0 Å². The van der Waals surface area contributed by atoms with Crippen molar-refractivity contribution in [1.82, 2.24) is 5.32 Å². The van der Waals surface area contributed by atoms with Gasteiger partial charge in [0.2, 0.25) is 11.8 Å². The molecule has 2 rings (SSSR count). The molecular formula is C17H22N4O4. The highest BCUT2D eigenvalue weighted by atomic mass is 16.4. The van der Waals surface area contributed by atoms with Crippen LogP contribution >= 0.6 is 0 Å². The average molecular weight is 346 g/mol. The Hall–Kier alpha value is -2.90. The molecule has 1 fully saturated rings. The number of benzene rings is 1. The molecular weight excluding hydrogens is 324 g/mol. The molecule has 25 heavy (non-hydrogen) atoms. The summed E-state index contributed by atoms with van der Waals surface area (Å²) in [5.41, 5.74) is 6.70. The lowest BCUT2D eigenvalue weighted by Crippen LogP contribution is -2.36. The van der Waals surface area contributed by atoms with Gasteiger partial charge >= 0.3 is 5.97 Å². The number of carbonyl (C=O) groups is 3. The van der Waals surface area contributed by atoms with E-state index in [0.29, 0.717) is 24.2 Å². The van der Waals surface area contributed by atoms with Gasteiger partial charge < -0.3 is 21.1 Å². The minimum Gasteiger partial charge on any atom is -0.481 e.